The third-order valence-electron chi connectivity index (χ3n) is 6.48. The second-order valence-corrected chi connectivity index (χ2v) is 12.8. The Kier molecular flexibility index (Phi) is 9.10. The SMILES string of the molecule is O=C(C=Cc1ccc(Sc2cccc(NC3CCS(=O)(=O)CC3)c2)c(C(F)(F)F)c1C(F)(F)F)N1CCOCC1. The monoisotopic (exact) mass is 608 g/mol. The van der Waals surface area contributed by atoms with Gasteiger partial charge in [0.25, 0.3) is 0 Å². The normalized spacial score (nSPS) is 18.7. The van der Waals surface area contributed by atoms with Crippen molar-refractivity contribution in [2.45, 2.75) is 41.0 Å². The first-order valence-corrected chi connectivity index (χ1v) is 15.0. The lowest BCUT2D eigenvalue weighted by Gasteiger charge is -2.25. The highest BCUT2D eigenvalue weighted by atomic mass is 32.2. The van der Waals surface area contributed by atoms with E-state index >= 15 is 0 Å². The number of ether oxygens (including phenoxy) is 1. The molecule has 2 aliphatic heterocycles. The quantitative estimate of drug-likeness (QED) is 0.333. The summed E-state index contributed by atoms with van der Waals surface area (Å²) in [7, 11) is -3.08. The molecular formula is C26H26F6N2O4S2. The van der Waals surface area contributed by atoms with Crippen LogP contribution in [-0.4, -0.2) is 63.1 Å². The number of amides is 1. The van der Waals surface area contributed by atoms with E-state index < -0.39 is 49.7 Å². The third-order valence-corrected chi connectivity index (χ3v) is 9.25. The molecule has 218 valence electrons. The van der Waals surface area contributed by atoms with E-state index in [0.29, 0.717) is 30.3 Å². The van der Waals surface area contributed by atoms with Crippen LogP contribution in [0.4, 0.5) is 32.0 Å². The average molecular weight is 609 g/mol. The molecule has 0 saturated carbocycles. The highest BCUT2D eigenvalue weighted by molar-refractivity contribution is 7.99. The van der Waals surface area contributed by atoms with Gasteiger partial charge in [0.1, 0.15) is 9.84 Å². The molecule has 0 atom stereocenters. The average Bonchev–Trinajstić information content (AvgIpc) is 2.88. The lowest BCUT2D eigenvalue weighted by atomic mass is 9.99. The molecule has 2 aromatic rings. The minimum atomic E-state index is -5.35. The van der Waals surface area contributed by atoms with Crippen LogP contribution in [0.5, 0.6) is 0 Å². The molecule has 0 aromatic heterocycles. The van der Waals surface area contributed by atoms with Crippen LogP contribution in [0.25, 0.3) is 6.08 Å². The van der Waals surface area contributed by atoms with Crippen LogP contribution >= 0.6 is 11.8 Å². The molecule has 1 amide bonds. The number of hydrogen-bond acceptors (Lipinski definition) is 6. The van der Waals surface area contributed by atoms with Gasteiger partial charge in [-0.15, -0.1) is 0 Å². The van der Waals surface area contributed by atoms with E-state index in [1.54, 1.807) is 12.1 Å². The van der Waals surface area contributed by atoms with Crippen LogP contribution in [0.1, 0.15) is 29.5 Å². The molecule has 6 nitrogen and oxygen atoms in total. The highest BCUT2D eigenvalue weighted by Gasteiger charge is 2.46. The molecule has 0 unspecified atom stereocenters. The van der Waals surface area contributed by atoms with Crippen molar-refractivity contribution in [3.05, 3.63) is 59.2 Å². The second kappa shape index (κ2) is 12.0. The summed E-state index contributed by atoms with van der Waals surface area (Å²) in [5, 5.41) is 3.16. The number of nitrogens with one attached hydrogen (secondary N) is 1. The largest absolute Gasteiger partial charge is 0.418 e. The lowest BCUT2D eigenvalue weighted by molar-refractivity contribution is -0.163. The Balaban J connectivity index is 1.63. The van der Waals surface area contributed by atoms with Crippen molar-refractivity contribution >= 4 is 39.3 Å². The van der Waals surface area contributed by atoms with Gasteiger partial charge < -0.3 is 15.0 Å². The maximum absolute atomic E-state index is 14.2. The minimum absolute atomic E-state index is 0.0209. The Labute approximate surface area is 231 Å². The first-order chi connectivity index (χ1) is 18.7. The number of hydrogen-bond donors (Lipinski definition) is 1. The molecule has 2 saturated heterocycles. The van der Waals surface area contributed by atoms with Crippen molar-refractivity contribution in [2.75, 3.05) is 43.1 Å². The molecular weight excluding hydrogens is 582 g/mol. The molecule has 14 heteroatoms. The van der Waals surface area contributed by atoms with E-state index in [0.717, 1.165) is 24.3 Å². The summed E-state index contributed by atoms with van der Waals surface area (Å²) >= 11 is 0.534. The van der Waals surface area contributed by atoms with E-state index in [4.69, 9.17) is 4.74 Å². The summed E-state index contributed by atoms with van der Waals surface area (Å²) < 4.78 is 113. The molecule has 2 aromatic carbocycles. The Hall–Kier alpha value is -2.71. The zero-order valence-electron chi connectivity index (χ0n) is 21.0. The topological polar surface area (TPSA) is 75.7 Å². The summed E-state index contributed by atoms with van der Waals surface area (Å²) in [6, 6.07) is 7.92. The van der Waals surface area contributed by atoms with Crippen molar-refractivity contribution < 1.29 is 44.3 Å². The predicted molar refractivity (Wildman–Crippen MR) is 139 cm³/mol. The first-order valence-electron chi connectivity index (χ1n) is 12.3. The highest BCUT2D eigenvalue weighted by Crippen LogP contribution is 2.48. The lowest BCUT2D eigenvalue weighted by Crippen LogP contribution is -2.39. The first kappa shape index (κ1) is 30.3. The van der Waals surface area contributed by atoms with Crippen LogP contribution in [0.3, 0.4) is 0 Å². The van der Waals surface area contributed by atoms with Gasteiger partial charge in [-0.25, -0.2) is 8.42 Å². The van der Waals surface area contributed by atoms with Crippen molar-refractivity contribution in [1.29, 1.82) is 0 Å². The molecule has 2 aliphatic rings. The zero-order chi connectivity index (χ0) is 29.1. The fourth-order valence-corrected chi connectivity index (χ4v) is 7.04. The molecule has 0 bridgehead atoms. The van der Waals surface area contributed by atoms with E-state index in [1.807, 2.05) is 0 Å². The molecule has 0 spiro atoms. The number of rotatable bonds is 6. The summed E-state index contributed by atoms with van der Waals surface area (Å²) in [6.07, 6.45) is -8.35. The van der Waals surface area contributed by atoms with Gasteiger partial charge >= 0.3 is 12.4 Å². The molecule has 4 rings (SSSR count). The number of nitrogens with zero attached hydrogens (tertiary/aromatic N) is 1. The van der Waals surface area contributed by atoms with Gasteiger partial charge in [0, 0.05) is 40.7 Å². The minimum Gasteiger partial charge on any atom is -0.382 e. The number of carbonyl (C=O) groups is 1. The Morgan fingerprint density at radius 1 is 0.975 bits per heavy atom. The van der Waals surface area contributed by atoms with E-state index in [1.165, 1.54) is 17.0 Å². The van der Waals surface area contributed by atoms with Crippen molar-refractivity contribution in [2.24, 2.45) is 0 Å². The van der Waals surface area contributed by atoms with Gasteiger partial charge in [0.2, 0.25) is 5.91 Å². The molecule has 2 fully saturated rings. The van der Waals surface area contributed by atoms with E-state index in [2.05, 4.69) is 5.32 Å². The summed E-state index contributed by atoms with van der Waals surface area (Å²) in [4.78, 5) is 13.3. The maximum Gasteiger partial charge on any atom is 0.418 e. The maximum atomic E-state index is 14.2. The Morgan fingerprint density at radius 2 is 1.62 bits per heavy atom. The van der Waals surface area contributed by atoms with E-state index in [9.17, 15) is 39.6 Å². The van der Waals surface area contributed by atoms with Crippen molar-refractivity contribution in [1.82, 2.24) is 4.90 Å². The summed E-state index contributed by atoms with van der Waals surface area (Å²) in [5.41, 5.74) is -3.95. The smallest absolute Gasteiger partial charge is 0.382 e. The fourth-order valence-electron chi connectivity index (χ4n) is 4.51. The van der Waals surface area contributed by atoms with E-state index in [-0.39, 0.29) is 48.7 Å². The number of alkyl halides is 6. The molecule has 1 N–H and O–H groups in total. The standard InChI is InChI=1S/C26H26F6N2O4S2/c27-25(28,29)23-17(5-7-22(35)34-10-12-38-13-11-34)4-6-21(24(23)26(30,31)32)39-20-3-1-2-19(16-20)33-18-8-14-40(36,37)15-9-18/h1-7,16,18,33H,8-15H2. The Bertz CT molecular complexity index is 1360. The van der Waals surface area contributed by atoms with Gasteiger partial charge in [-0.1, -0.05) is 23.9 Å². The predicted octanol–water partition coefficient (Wildman–Crippen LogP) is 5.74. The number of benzene rings is 2. The van der Waals surface area contributed by atoms with Crippen molar-refractivity contribution in [3.63, 3.8) is 0 Å². The van der Waals surface area contributed by atoms with Gasteiger partial charge in [-0.2, -0.15) is 26.3 Å². The van der Waals surface area contributed by atoms with Crippen LogP contribution in [-0.2, 0) is 31.7 Å². The number of morpholine rings is 1. The number of sulfone groups is 1. The third kappa shape index (κ3) is 7.72. The van der Waals surface area contributed by atoms with Gasteiger partial charge in [-0.05, 0) is 48.7 Å². The zero-order valence-corrected chi connectivity index (χ0v) is 22.7. The van der Waals surface area contributed by atoms with Gasteiger partial charge in [0.05, 0.1) is 35.8 Å². The molecule has 0 aliphatic carbocycles. The van der Waals surface area contributed by atoms with Crippen LogP contribution < -0.4 is 5.32 Å². The number of carbonyl (C=O) groups excluding carboxylic acids is 1. The van der Waals surface area contributed by atoms with Gasteiger partial charge in [-0.3, -0.25) is 4.79 Å². The Morgan fingerprint density at radius 3 is 2.25 bits per heavy atom. The van der Waals surface area contributed by atoms with Crippen LogP contribution in [0.15, 0.2) is 52.3 Å². The molecule has 0 radical (unpaired) electrons. The second-order valence-electron chi connectivity index (χ2n) is 9.37. The van der Waals surface area contributed by atoms with Gasteiger partial charge in [0.15, 0.2) is 0 Å². The molecule has 40 heavy (non-hydrogen) atoms. The number of halogens is 6. The molecule has 2 heterocycles. The number of anilines is 1. The van der Waals surface area contributed by atoms with Crippen LogP contribution in [0, 0.1) is 0 Å². The summed E-state index contributed by atoms with van der Waals surface area (Å²) in [5.74, 6) is -0.580. The fraction of sp³-hybridized carbons (Fsp3) is 0.423. The summed E-state index contributed by atoms with van der Waals surface area (Å²) in [6.45, 7) is 0.979. The van der Waals surface area contributed by atoms with Crippen LogP contribution in [0.2, 0.25) is 0 Å². The van der Waals surface area contributed by atoms with Crippen molar-refractivity contribution in [3.8, 4) is 0 Å².